The number of amides is 1. The van der Waals surface area contributed by atoms with E-state index in [-0.39, 0.29) is 11.4 Å². The van der Waals surface area contributed by atoms with Crippen LogP contribution in [0.1, 0.15) is 16.1 Å². The third kappa shape index (κ3) is 3.28. The third-order valence-corrected chi connectivity index (χ3v) is 2.70. The molecule has 1 amide bonds. The molecule has 0 saturated heterocycles. The van der Waals surface area contributed by atoms with E-state index in [4.69, 9.17) is 5.84 Å². The summed E-state index contributed by atoms with van der Waals surface area (Å²) in [6, 6.07) is 4.42. The van der Waals surface area contributed by atoms with Crippen LogP contribution in [0, 0.1) is 17.0 Å². The van der Waals surface area contributed by atoms with Crippen molar-refractivity contribution in [3.05, 3.63) is 52.0 Å². The fourth-order valence-electron chi connectivity index (χ4n) is 1.60. The second kappa shape index (κ2) is 5.92. The van der Waals surface area contributed by atoms with Gasteiger partial charge < -0.3 is 10.7 Å². The summed E-state index contributed by atoms with van der Waals surface area (Å²) < 4.78 is 0. The van der Waals surface area contributed by atoms with Crippen LogP contribution < -0.4 is 16.6 Å². The van der Waals surface area contributed by atoms with E-state index in [9.17, 15) is 14.9 Å². The Labute approximate surface area is 119 Å². The Bertz CT molecular complexity index is 686. The summed E-state index contributed by atoms with van der Waals surface area (Å²) in [5.41, 5.74) is 3.10. The fourth-order valence-corrected chi connectivity index (χ4v) is 1.60. The lowest BCUT2D eigenvalue weighted by Crippen LogP contribution is -2.15. The van der Waals surface area contributed by atoms with E-state index in [1.807, 2.05) is 0 Å². The van der Waals surface area contributed by atoms with Gasteiger partial charge in [0.25, 0.3) is 11.6 Å². The minimum absolute atomic E-state index is 0.0669. The van der Waals surface area contributed by atoms with Crippen LogP contribution in [0.3, 0.4) is 0 Å². The molecule has 1 heterocycles. The number of anilines is 2. The monoisotopic (exact) mass is 288 g/mol. The predicted octanol–water partition coefficient (Wildman–Crippen LogP) is 1.23. The normalized spacial score (nSPS) is 10.0. The quantitative estimate of drug-likeness (QED) is 0.437. The van der Waals surface area contributed by atoms with Gasteiger partial charge in [0.2, 0.25) is 0 Å². The summed E-state index contributed by atoms with van der Waals surface area (Å²) in [4.78, 5) is 30.0. The Balaban J connectivity index is 2.19. The van der Waals surface area contributed by atoms with E-state index < -0.39 is 10.8 Å². The maximum Gasteiger partial charge on any atom is 0.275 e. The van der Waals surface area contributed by atoms with Gasteiger partial charge in [-0.05, 0) is 13.0 Å². The lowest BCUT2D eigenvalue weighted by molar-refractivity contribution is -0.385. The number of carbonyl (C=O) groups is 1. The Hall–Kier alpha value is -3.07. The highest BCUT2D eigenvalue weighted by molar-refractivity contribution is 6.02. The van der Waals surface area contributed by atoms with Crippen molar-refractivity contribution in [3.8, 4) is 0 Å². The van der Waals surface area contributed by atoms with E-state index in [2.05, 4.69) is 20.7 Å². The molecule has 0 spiro atoms. The molecular weight excluding hydrogens is 276 g/mol. The van der Waals surface area contributed by atoms with Crippen LogP contribution in [-0.4, -0.2) is 20.8 Å². The minimum Gasteiger partial charge on any atom is -0.320 e. The number of benzene rings is 1. The van der Waals surface area contributed by atoms with Crippen molar-refractivity contribution < 1.29 is 9.72 Å². The zero-order valence-corrected chi connectivity index (χ0v) is 11.0. The lowest BCUT2D eigenvalue weighted by atomic mass is 10.2. The van der Waals surface area contributed by atoms with Gasteiger partial charge in [-0.2, -0.15) is 0 Å². The van der Waals surface area contributed by atoms with Crippen LogP contribution in [0.25, 0.3) is 0 Å². The number of nitro groups is 1. The molecule has 0 saturated carbocycles. The number of carbonyl (C=O) groups excluding carboxylic acids is 1. The molecule has 0 aliphatic carbocycles. The molecule has 4 N–H and O–H groups in total. The predicted molar refractivity (Wildman–Crippen MR) is 75.6 cm³/mol. The number of aryl methyl sites for hydroxylation is 1. The largest absolute Gasteiger partial charge is 0.320 e. The number of nitrogens with one attached hydrogen (secondary N) is 2. The molecule has 0 fully saturated rings. The summed E-state index contributed by atoms with van der Waals surface area (Å²) >= 11 is 0. The Morgan fingerprint density at radius 1 is 1.33 bits per heavy atom. The van der Waals surface area contributed by atoms with Crippen molar-refractivity contribution in [1.82, 2.24) is 9.97 Å². The second-order valence-electron chi connectivity index (χ2n) is 4.14. The Morgan fingerprint density at radius 3 is 2.67 bits per heavy atom. The number of hydrazine groups is 1. The van der Waals surface area contributed by atoms with Gasteiger partial charge in [0.1, 0.15) is 5.69 Å². The van der Waals surface area contributed by atoms with Crippen molar-refractivity contribution in [2.75, 3.05) is 10.7 Å². The van der Waals surface area contributed by atoms with Crippen molar-refractivity contribution in [2.45, 2.75) is 6.92 Å². The zero-order valence-electron chi connectivity index (χ0n) is 11.0. The molecule has 0 atom stereocenters. The number of nitrogens with zero attached hydrogens (tertiary/aromatic N) is 3. The molecule has 2 rings (SSSR count). The van der Waals surface area contributed by atoms with E-state index in [0.29, 0.717) is 17.1 Å². The molecule has 0 aliphatic rings. The smallest absolute Gasteiger partial charge is 0.275 e. The highest BCUT2D eigenvalue weighted by atomic mass is 16.6. The van der Waals surface area contributed by atoms with Gasteiger partial charge in [-0.1, -0.05) is 6.07 Å². The van der Waals surface area contributed by atoms with Crippen LogP contribution in [0.15, 0.2) is 30.6 Å². The molecule has 0 bridgehead atoms. The highest BCUT2D eigenvalue weighted by Crippen LogP contribution is 2.22. The Kier molecular flexibility index (Phi) is 4.05. The van der Waals surface area contributed by atoms with Gasteiger partial charge in [-0.3, -0.25) is 14.9 Å². The molecule has 1 aromatic heterocycles. The van der Waals surface area contributed by atoms with E-state index >= 15 is 0 Å². The zero-order chi connectivity index (χ0) is 15.4. The maximum absolute atomic E-state index is 11.9. The van der Waals surface area contributed by atoms with E-state index in [1.54, 1.807) is 19.1 Å². The number of nitro benzene ring substituents is 1. The van der Waals surface area contributed by atoms with E-state index in [1.165, 1.54) is 18.5 Å². The number of hydrogen-bond acceptors (Lipinski definition) is 7. The summed E-state index contributed by atoms with van der Waals surface area (Å²) in [5.74, 6) is 4.94. The topological polar surface area (TPSA) is 136 Å². The minimum atomic E-state index is -0.524. The number of nitrogen functional groups attached to an aromatic ring is 1. The SMILES string of the molecule is Cc1ccc(NC(=O)c2cnc(NN)cn2)cc1[N+](=O)[O-]. The van der Waals surface area contributed by atoms with Crippen LogP contribution >= 0.6 is 0 Å². The molecule has 0 radical (unpaired) electrons. The van der Waals surface area contributed by atoms with Crippen LogP contribution in [0.5, 0.6) is 0 Å². The first-order valence-electron chi connectivity index (χ1n) is 5.86. The highest BCUT2D eigenvalue weighted by Gasteiger charge is 2.14. The molecule has 2 aromatic rings. The first kappa shape index (κ1) is 14.3. The first-order chi connectivity index (χ1) is 10.0. The van der Waals surface area contributed by atoms with Gasteiger partial charge in [-0.15, -0.1) is 0 Å². The van der Waals surface area contributed by atoms with Crippen LogP contribution in [-0.2, 0) is 0 Å². The lowest BCUT2D eigenvalue weighted by Gasteiger charge is -2.06. The van der Waals surface area contributed by atoms with Crippen molar-refractivity contribution >= 4 is 23.1 Å². The van der Waals surface area contributed by atoms with Gasteiger partial charge in [0.15, 0.2) is 5.82 Å². The number of nitrogens with two attached hydrogens (primary N) is 1. The summed E-state index contributed by atoms with van der Waals surface area (Å²) in [6.07, 6.45) is 2.54. The van der Waals surface area contributed by atoms with Crippen molar-refractivity contribution in [3.63, 3.8) is 0 Å². The molecular formula is C12H12N6O3. The number of rotatable bonds is 4. The Morgan fingerprint density at radius 2 is 2.10 bits per heavy atom. The molecule has 9 heteroatoms. The van der Waals surface area contributed by atoms with Crippen LogP contribution in [0.2, 0.25) is 0 Å². The molecule has 1 aromatic carbocycles. The standard InChI is InChI=1S/C12H12N6O3/c1-7-2-3-8(4-10(7)18(20)21)16-12(19)9-5-15-11(17-13)6-14-9/h2-6H,13H2,1H3,(H,15,17)(H,16,19). The van der Waals surface area contributed by atoms with Gasteiger partial charge in [0, 0.05) is 17.3 Å². The van der Waals surface area contributed by atoms with Gasteiger partial charge in [0.05, 0.1) is 17.3 Å². The number of hydrogen-bond donors (Lipinski definition) is 3. The average molecular weight is 288 g/mol. The number of aromatic nitrogens is 2. The van der Waals surface area contributed by atoms with Crippen molar-refractivity contribution in [2.24, 2.45) is 5.84 Å². The summed E-state index contributed by atoms with van der Waals surface area (Å²) in [6.45, 7) is 1.62. The molecule has 0 aliphatic heterocycles. The van der Waals surface area contributed by atoms with E-state index in [0.717, 1.165) is 0 Å². The second-order valence-corrected chi connectivity index (χ2v) is 4.14. The van der Waals surface area contributed by atoms with Crippen molar-refractivity contribution in [1.29, 1.82) is 0 Å². The van der Waals surface area contributed by atoms with Gasteiger partial charge >= 0.3 is 0 Å². The summed E-state index contributed by atoms with van der Waals surface area (Å²) in [5, 5.41) is 13.4. The molecule has 9 nitrogen and oxygen atoms in total. The maximum atomic E-state index is 11.9. The van der Waals surface area contributed by atoms with Gasteiger partial charge in [-0.25, -0.2) is 15.8 Å². The average Bonchev–Trinajstić information content (AvgIpc) is 2.49. The summed E-state index contributed by atoms with van der Waals surface area (Å²) in [7, 11) is 0. The van der Waals surface area contributed by atoms with Crippen LogP contribution in [0.4, 0.5) is 17.2 Å². The third-order valence-electron chi connectivity index (χ3n) is 2.70. The fraction of sp³-hybridized carbons (Fsp3) is 0.0833. The molecule has 21 heavy (non-hydrogen) atoms. The first-order valence-corrected chi connectivity index (χ1v) is 5.86. The molecule has 108 valence electrons. The molecule has 0 unspecified atom stereocenters.